The van der Waals surface area contributed by atoms with Crippen molar-refractivity contribution >= 4 is 11.9 Å². The Balaban J connectivity index is 1.99. The summed E-state index contributed by atoms with van der Waals surface area (Å²) in [7, 11) is 1.98. The average Bonchev–Trinajstić information content (AvgIpc) is 2.83. The second-order valence-electron chi connectivity index (χ2n) is 4.82. The van der Waals surface area contributed by atoms with Crippen LogP contribution in [0, 0.1) is 0 Å². The minimum absolute atomic E-state index is 0.0865. The van der Waals surface area contributed by atoms with Crippen molar-refractivity contribution in [2.45, 2.75) is 32.4 Å². The molecule has 2 heterocycles. The van der Waals surface area contributed by atoms with E-state index in [9.17, 15) is 0 Å². The summed E-state index contributed by atoms with van der Waals surface area (Å²) in [5, 5.41) is 3.04. The number of hydrogen-bond acceptors (Lipinski definition) is 6. The van der Waals surface area contributed by atoms with Gasteiger partial charge in [-0.1, -0.05) is 0 Å². The standard InChI is InChI=1S/C13H21N5O/c1-9-10(2)16-13(17-12(14)15-9)18(3)7-6-11-5-4-8-19-11/h4-5,8-10H,6-7H2,1-3H3,(H3,14,15,16,17). The van der Waals surface area contributed by atoms with Gasteiger partial charge in [0.15, 0.2) is 5.96 Å². The third kappa shape index (κ3) is 3.49. The number of nitrogens with one attached hydrogen (secondary N) is 1. The highest BCUT2D eigenvalue weighted by atomic mass is 16.3. The van der Waals surface area contributed by atoms with Gasteiger partial charge in [0.2, 0.25) is 5.96 Å². The molecule has 2 unspecified atom stereocenters. The van der Waals surface area contributed by atoms with E-state index in [1.165, 1.54) is 0 Å². The molecule has 0 aliphatic carbocycles. The van der Waals surface area contributed by atoms with Gasteiger partial charge >= 0.3 is 0 Å². The first-order chi connectivity index (χ1) is 9.06. The smallest absolute Gasteiger partial charge is 0.200 e. The molecule has 2 atom stereocenters. The molecular formula is C13H21N5O. The first-order valence-corrected chi connectivity index (χ1v) is 6.48. The van der Waals surface area contributed by atoms with Gasteiger partial charge in [-0.15, -0.1) is 0 Å². The van der Waals surface area contributed by atoms with Crippen LogP contribution in [0.25, 0.3) is 0 Å². The van der Waals surface area contributed by atoms with E-state index in [4.69, 9.17) is 10.2 Å². The summed E-state index contributed by atoms with van der Waals surface area (Å²) in [6.07, 6.45) is 2.51. The SMILES string of the molecule is CC1N=C(N)NC(N(C)CCc2ccco2)=NC1C. The number of nitrogens with two attached hydrogens (primary N) is 1. The number of aliphatic imine (C=N–C) groups is 2. The van der Waals surface area contributed by atoms with Gasteiger partial charge in [-0.25, -0.2) is 9.98 Å². The highest BCUT2D eigenvalue weighted by Crippen LogP contribution is 2.07. The fourth-order valence-electron chi connectivity index (χ4n) is 1.84. The van der Waals surface area contributed by atoms with E-state index in [-0.39, 0.29) is 12.1 Å². The first-order valence-electron chi connectivity index (χ1n) is 6.48. The lowest BCUT2D eigenvalue weighted by Crippen LogP contribution is -2.45. The third-order valence-corrected chi connectivity index (χ3v) is 3.24. The van der Waals surface area contributed by atoms with Gasteiger partial charge < -0.3 is 15.1 Å². The van der Waals surface area contributed by atoms with Crippen molar-refractivity contribution in [3.05, 3.63) is 24.2 Å². The molecule has 0 radical (unpaired) electrons. The molecule has 0 saturated carbocycles. The number of furan rings is 1. The molecule has 1 aromatic heterocycles. The zero-order valence-corrected chi connectivity index (χ0v) is 11.6. The number of hydrogen-bond donors (Lipinski definition) is 2. The van der Waals surface area contributed by atoms with Crippen LogP contribution in [0.1, 0.15) is 19.6 Å². The topological polar surface area (TPSA) is 79.1 Å². The second-order valence-corrected chi connectivity index (χ2v) is 4.82. The normalized spacial score (nSPS) is 23.1. The minimum Gasteiger partial charge on any atom is -0.469 e. The summed E-state index contributed by atoms with van der Waals surface area (Å²) < 4.78 is 5.32. The Bertz CT molecular complexity index is 465. The maximum absolute atomic E-state index is 5.82. The number of likely N-dealkylation sites (N-methyl/N-ethyl adjacent to an activating group) is 1. The predicted octanol–water partition coefficient (Wildman–Crippen LogP) is 0.805. The Morgan fingerprint density at radius 1 is 1.37 bits per heavy atom. The lowest BCUT2D eigenvalue weighted by Gasteiger charge is -2.21. The molecule has 1 aliphatic rings. The quantitative estimate of drug-likeness (QED) is 0.845. The van der Waals surface area contributed by atoms with Crippen molar-refractivity contribution < 1.29 is 4.42 Å². The minimum atomic E-state index is 0.0865. The lowest BCUT2D eigenvalue weighted by molar-refractivity contribution is 0.442. The summed E-state index contributed by atoms with van der Waals surface area (Å²) in [5.41, 5.74) is 5.82. The molecule has 6 nitrogen and oxygen atoms in total. The van der Waals surface area contributed by atoms with Crippen LogP contribution in [-0.4, -0.2) is 42.5 Å². The number of guanidine groups is 2. The average molecular weight is 263 g/mol. The van der Waals surface area contributed by atoms with Gasteiger partial charge in [0.1, 0.15) is 5.76 Å². The van der Waals surface area contributed by atoms with Crippen LogP contribution in [-0.2, 0) is 6.42 Å². The molecule has 19 heavy (non-hydrogen) atoms. The summed E-state index contributed by atoms with van der Waals surface area (Å²) in [6.45, 7) is 4.84. The summed E-state index contributed by atoms with van der Waals surface area (Å²) in [6, 6.07) is 4.06. The molecule has 0 bridgehead atoms. The van der Waals surface area contributed by atoms with Crippen LogP contribution in [0.15, 0.2) is 32.8 Å². The predicted molar refractivity (Wildman–Crippen MR) is 76.2 cm³/mol. The highest BCUT2D eigenvalue weighted by Gasteiger charge is 2.18. The van der Waals surface area contributed by atoms with Crippen molar-refractivity contribution in [2.75, 3.05) is 13.6 Å². The largest absolute Gasteiger partial charge is 0.469 e. The Morgan fingerprint density at radius 3 is 2.79 bits per heavy atom. The fourth-order valence-corrected chi connectivity index (χ4v) is 1.84. The van der Waals surface area contributed by atoms with Gasteiger partial charge in [-0.3, -0.25) is 5.32 Å². The molecule has 2 rings (SSSR count). The van der Waals surface area contributed by atoms with Gasteiger partial charge in [0.05, 0.1) is 18.3 Å². The van der Waals surface area contributed by atoms with Crippen LogP contribution in [0.2, 0.25) is 0 Å². The van der Waals surface area contributed by atoms with Crippen molar-refractivity contribution in [1.82, 2.24) is 10.2 Å². The number of nitrogens with zero attached hydrogens (tertiary/aromatic N) is 3. The maximum Gasteiger partial charge on any atom is 0.200 e. The van der Waals surface area contributed by atoms with E-state index in [0.717, 1.165) is 24.7 Å². The third-order valence-electron chi connectivity index (χ3n) is 3.24. The molecule has 0 saturated heterocycles. The summed E-state index contributed by atoms with van der Waals surface area (Å²) in [5.74, 6) is 2.13. The van der Waals surface area contributed by atoms with Gasteiger partial charge in [0.25, 0.3) is 0 Å². The molecule has 0 aromatic carbocycles. The van der Waals surface area contributed by atoms with E-state index in [0.29, 0.717) is 5.96 Å². The van der Waals surface area contributed by atoms with Crippen LogP contribution in [0.3, 0.4) is 0 Å². The van der Waals surface area contributed by atoms with E-state index < -0.39 is 0 Å². The Hall–Kier alpha value is -1.98. The highest BCUT2D eigenvalue weighted by molar-refractivity contribution is 5.98. The summed E-state index contributed by atoms with van der Waals surface area (Å²) in [4.78, 5) is 11.0. The summed E-state index contributed by atoms with van der Waals surface area (Å²) >= 11 is 0. The zero-order chi connectivity index (χ0) is 13.8. The molecule has 1 aromatic rings. The van der Waals surface area contributed by atoms with E-state index in [1.54, 1.807) is 6.26 Å². The van der Waals surface area contributed by atoms with Crippen molar-refractivity contribution in [2.24, 2.45) is 15.7 Å². The molecule has 0 spiro atoms. The second kappa shape index (κ2) is 5.77. The zero-order valence-electron chi connectivity index (χ0n) is 11.6. The van der Waals surface area contributed by atoms with Crippen LogP contribution in [0.4, 0.5) is 0 Å². The molecule has 104 valence electrons. The van der Waals surface area contributed by atoms with E-state index in [2.05, 4.69) is 15.3 Å². The van der Waals surface area contributed by atoms with Crippen LogP contribution < -0.4 is 11.1 Å². The molecular weight excluding hydrogens is 242 g/mol. The Morgan fingerprint density at radius 2 is 2.11 bits per heavy atom. The lowest BCUT2D eigenvalue weighted by atomic mass is 10.2. The van der Waals surface area contributed by atoms with Gasteiger partial charge in [-0.05, 0) is 26.0 Å². The van der Waals surface area contributed by atoms with Crippen molar-refractivity contribution in [1.29, 1.82) is 0 Å². The molecule has 1 aliphatic heterocycles. The Kier molecular flexibility index (Phi) is 4.09. The molecule has 0 amide bonds. The van der Waals surface area contributed by atoms with E-state index in [1.807, 2.05) is 37.9 Å². The van der Waals surface area contributed by atoms with Gasteiger partial charge in [0, 0.05) is 20.0 Å². The fraction of sp³-hybridized carbons (Fsp3) is 0.538. The van der Waals surface area contributed by atoms with Crippen LogP contribution in [0.5, 0.6) is 0 Å². The van der Waals surface area contributed by atoms with Crippen molar-refractivity contribution in [3.8, 4) is 0 Å². The molecule has 3 N–H and O–H groups in total. The maximum atomic E-state index is 5.82. The van der Waals surface area contributed by atoms with Gasteiger partial charge in [-0.2, -0.15) is 0 Å². The monoisotopic (exact) mass is 263 g/mol. The molecule has 6 heteroatoms. The van der Waals surface area contributed by atoms with E-state index >= 15 is 0 Å². The number of rotatable bonds is 3. The van der Waals surface area contributed by atoms with Crippen molar-refractivity contribution in [3.63, 3.8) is 0 Å². The molecule has 0 fully saturated rings. The Labute approximate surface area is 113 Å². The van der Waals surface area contributed by atoms with Crippen LogP contribution >= 0.6 is 0 Å². The first kappa shape index (κ1) is 13.5.